The molecule has 0 aliphatic rings. The number of hydrogen-bond donors (Lipinski definition) is 2. The van der Waals surface area contributed by atoms with Gasteiger partial charge in [0.25, 0.3) is 5.91 Å². The highest BCUT2D eigenvalue weighted by Crippen LogP contribution is 2.17. The average molecular weight is 301 g/mol. The first kappa shape index (κ1) is 14.2. The molecule has 6 heteroatoms. The van der Waals surface area contributed by atoms with Crippen molar-refractivity contribution in [3.8, 4) is 0 Å². The van der Waals surface area contributed by atoms with E-state index in [1.807, 2.05) is 24.3 Å². The lowest BCUT2D eigenvalue weighted by Gasteiger charge is -2.12. The van der Waals surface area contributed by atoms with Crippen molar-refractivity contribution >= 4 is 16.9 Å². The maximum atomic E-state index is 13.6. The molecule has 0 spiro atoms. The number of nitrogens with zero attached hydrogens (tertiary/aromatic N) is 1. The molecule has 2 N–H and O–H groups in total. The number of aromatic amines is 1. The first-order valence-electron chi connectivity index (χ1n) is 6.76. The van der Waals surface area contributed by atoms with Crippen molar-refractivity contribution in [1.82, 2.24) is 15.3 Å². The van der Waals surface area contributed by atoms with Gasteiger partial charge in [0.2, 0.25) is 0 Å². The number of carbonyl (C=O) groups is 1. The molecule has 3 rings (SSSR count). The SMILES string of the molecule is C[C@@H](NC(=O)c1c(F)cccc1F)c1nc2ccccc2[nH]1. The van der Waals surface area contributed by atoms with Gasteiger partial charge in [0.1, 0.15) is 23.0 Å². The summed E-state index contributed by atoms with van der Waals surface area (Å²) in [5.41, 5.74) is 0.997. The summed E-state index contributed by atoms with van der Waals surface area (Å²) in [6, 6.07) is 10.2. The number of rotatable bonds is 3. The number of fused-ring (bicyclic) bond motifs is 1. The molecule has 4 nitrogen and oxygen atoms in total. The van der Waals surface area contributed by atoms with Crippen LogP contribution < -0.4 is 5.32 Å². The molecule has 22 heavy (non-hydrogen) atoms. The monoisotopic (exact) mass is 301 g/mol. The minimum absolute atomic E-state index is 0.515. The fraction of sp³-hybridized carbons (Fsp3) is 0.125. The molecule has 0 saturated carbocycles. The highest BCUT2D eigenvalue weighted by Gasteiger charge is 2.20. The predicted molar refractivity (Wildman–Crippen MR) is 78.3 cm³/mol. The number of benzene rings is 2. The van der Waals surface area contributed by atoms with Crippen molar-refractivity contribution in [2.45, 2.75) is 13.0 Å². The van der Waals surface area contributed by atoms with Crippen LogP contribution in [0.15, 0.2) is 42.5 Å². The number of carbonyl (C=O) groups excluding carboxylic acids is 1. The van der Waals surface area contributed by atoms with E-state index >= 15 is 0 Å². The van der Waals surface area contributed by atoms with Gasteiger partial charge in [-0.15, -0.1) is 0 Å². The molecule has 0 unspecified atom stereocenters. The summed E-state index contributed by atoms with van der Waals surface area (Å²) in [5.74, 6) is -2.08. The number of para-hydroxylation sites is 2. The Morgan fingerprint density at radius 1 is 1.14 bits per heavy atom. The number of nitrogens with one attached hydrogen (secondary N) is 2. The van der Waals surface area contributed by atoms with E-state index in [2.05, 4.69) is 15.3 Å². The quantitative estimate of drug-likeness (QED) is 0.779. The van der Waals surface area contributed by atoms with E-state index in [1.165, 1.54) is 6.07 Å². The van der Waals surface area contributed by atoms with Gasteiger partial charge in [0.15, 0.2) is 0 Å². The zero-order valence-corrected chi connectivity index (χ0v) is 11.7. The predicted octanol–water partition coefficient (Wildman–Crippen LogP) is 3.33. The molecular formula is C16H13F2N3O. The fourth-order valence-corrected chi connectivity index (χ4v) is 2.23. The van der Waals surface area contributed by atoms with Crippen LogP contribution in [0.2, 0.25) is 0 Å². The van der Waals surface area contributed by atoms with E-state index in [-0.39, 0.29) is 0 Å². The molecular weight excluding hydrogens is 288 g/mol. The summed E-state index contributed by atoms with van der Waals surface area (Å²) in [6.07, 6.45) is 0. The molecule has 112 valence electrons. The molecule has 2 aromatic carbocycles. The fourth-order valence-electron chi connectivity index (χ4n) is 2.23. The summed E-state index contributed by atoms with van der Waals surface area (Å²) >= 11 is 0. The summed E-state index contributed by atoms with van der Waals surface area (Å²) < 4.78 is 27.2. The second kappa shape index (κ2) is 5.55. The number of halogens is 2. The van der Waals surface area contributed by atoms with Gasteiger partial charge in [-0.2, -0.15) is 0 Å². The van der Waals surface area contributed by atoms with Gasteiger partial charge < -0.3 is 10.3 Å². The van der Waals surface area contributed by atoms with Crippen LogP contribution in [0, 0.1) is 11.6 Å². The Balaban J connectivity index is 1.84. The van der Waals surface area contributed by atoms with Crippen molar-refractivity contribution in [3.63, 3.8) is 0 Å². The van der Waals surface area contributed by atoms with E-state index in [1.54, 1.807) is 6.92 Å². The normalized spacial score (nSPS) is 12.3. The zero-order valence-electron chi connectivity index (χ0n) is 11.7. The van der Waals surface area contributed by atoms with Crippen LogP contribution in [0.25, 0.3) is 11.0 Å². The van der Waals surface area contributed by atoms with E-state index < -0.39 is 29.1 Å². The van der Waals surface area contributed by atoms with Gasteiger partial charge in [-0.1, -0.05) is 18.2 Å². The molecule has 0 radical (unpaired) electrons. The smallest absolute Gasteiger partial charge is 0.257 e. The lowest BCUT2D eigenvalue weighted by Crippen LogP contribution is -2.29. The molecule has 0 aliphatic heterocycles. The maximum absolute atomic E-state index is 13.6. The topological polar surface area (TPSA) is 57.8 Å². The minimum Gasteiger partial charge on any atom is -0.342 e. The number of hydrogen-bond acceptors (Lipinski definition) is 2. The molecule has 1 atom stereocenters. The van der Waals surface area contributed by atoms with E-state index in [4.69, 9.17) is 0 Å². The molecule has 1 aromatic heterocycles. The van der Waals surface area contributed by atoms with Gasteiger partial charge in [-0.25, -0.2) is 13.8 Å². The molecule has 0 aliphatic carbocycles. The summed E-state index contributed by atoms with van der Waals surface area (Å²) in [4.78, 5) is 19.5. The van der Waals surface area contributed by atoms with E-state index in [9.17, 15) is 13.6 Å². The Kier molecular flexibility index (Phi) is 3.58. The summed E-state index contributed by atoms with van der Waals surface area (Å²) in [6.45, 7) is 1.69. The Bertz CT molecular complexity index is 791. The molecule has 3 aromatic rings. The third kappa shape index (κ3) is 2.55. The van der Waals surface area contributed by atoms with Gasteiger partial charge in [-0.3, -0.25) is 4.79 Å². The number of H-pyrrole nitrogens is 1. The Morgan fingerprint density at radius 3 is 2.50 bits per heavy atom. The number of amides is 1. The van der Waals surface area contributed by atoms with Crippen molar-refractivity contribution in [2.24, 2.45) is 0 Å². The van der Waals surface area contributed by atoms with Crippen LogP contribution in [-0.4, -0.2) is 15.9 Å². The summed E-state index contributed by atoms with van der Waals surface area (Å²) in [5, 5.41) is 2.54. The molecule has 1 amide bonds. The highest BCUT2D eigenvalue weighted by atomic mass is 19.1. The van der Waals surface area contributed by atoms with Gasteiger partial charge in [0, 0.05) is 0 Å². The third-order valence-electron chi connectivity index (χ3n) is 3.36. The largest absolute Gasteiger partial charge is 0.342 e. The minimum atomic E-state index is -0.894. The Hall–Kier alpha value is -2.76. The average Bonchev–Trinajstić information content (AvgIpc) is 2.91. The molecule has 0 bridgehead atoms. The Morgan fingerprint density at radius 2 is 1.82 bits per heavy atom. The van der Waals surface area contributed by atoms with Gasteiger partial charge in [-0.05, 0) is 31.2 Å². The molecule has 1 heterocycles. The maximum Gasteiger partial charge on any atom is 0.257 e. The first-order valence-corrected chi connectivity index (χ1v) is 6.76. The lowest BCUT2D eigenvalue weighted by atomic mass is 10.1. The molecule has 0 saturated heterocycles. The van der Waals surface area contributed by atoms with Crippen LogP contribution in [0.3, 0.4) is 0 Å². The Labute approximate surface area is 125 Å². The molecule has 0 fully saturated rings. The van der Waals surface area contributed by atoms with Crippen LogP contribution in [0.1, 0.15) is 29.1 Å². The third-order valence-corrected chi connectivity index (χ3v) is 3.36. The van der Waals surface area contributed by atoms with Gasteiger partial charge >= 0.3 is 0 Å². The first-order chi connectivity index (χ1) is 10.6. The van der Waals surface area contributed by atoms with E-state index in [0.29, 0.717) is 5.82 Å². The van der Waals surface area contributed by atoms with Crippen LogP contribution in [0.5, 0.6) is 0 Å². The second-order valence-corrected chi connectivity index (χ2v) is 4.93. The van der Waals surface area contributed by atoms with Crippen molar-refractivity contribution in [3.05, 3.63) is 65.5 Å². The number of imidazole rings is 1. The zero-order chi connectivity index (χ0) is 15.7. The van der Waals surface area contributed by atoms with E-state index in [0.717, 1.165) is 23.2 Å². The van der Waals surface area contributed by atoms with Crippen LogP contribution in [-0.2, 0) is 0 Å². The van der Waals surface area contributed by atoms with Crippen LogP contribution >= 0.6 is 0 Å². The second-order valence-electron chi connectivity index (χ2n) is 4.93. The number of aromatic nitrogens is 2. The summed E-state index contributed by atoms with van der Waals surface area (Å²) in [7, 11) is 0. The van der Waals surface area contributed by atoms with Crippen LogP contribution in [0.4, 0.5) is 8.78 Å². The van der Waals surface area contributed by atoms with Gasteiger partial charge in [0.05, 0.1) is 17.1 Å². The van der Waals surface area contributed by atoms with Crippen molar-refractivity contribution in [2.75, 3.05) is 0 Å². The van der Waals surface area contributed by atoms with Crippen molar-refractivity contribution in [1.29, 1.82) is 0 Å². The highest BCUT2D eigenvalue weighted by molar-refractivity contribution is 5.95. The standard InChI is InChI=1S/C16H13F2N3O/c1-9(15-20-12-7-2-3-8-13(12)21-15)19-16(22)14-10(17)5-4-6-11(14)18/h2-9H,1H3,(H,19,22)(H,20,21)/t9-/m1/s1. The lowest BCUT2D eigenvalue weighted by molar-refractivity contribution is 0.0930. The van der Waals surface area contributed by atoms with Crippen molar-refractivity contribution < 1.29 is 13.6 Å².